The number of likely N-dealkylation sites (tertiary alicyclic amines) is 1. The summed E-state index contributed by atoms with van der Waals surface area (Å²) in [5, 5.41) is 2.11. The Hall–Kier alpha value is -4.30. The molecule has 7 rings (SSSR count). The standard InChI is InChI=1S/C30H27N5O3/c36-28-30(19-34(20-30)29(37)33-12-14-38-15-13-33)24-9-3-4-10-26(24)35(28)18-25-27(22-7-5-11-31-16-22)23-8-2-1-6-21(23)17-32-25/h1-11,16-17H,12-15,18-20H2. The van der Waals surface area contributed by atoms with E-state index >= 15 is 0 Å². The Kier molecular flexibility index (Phi) is 5.37. The molecule has 2 saturated heterocycles. The summed E-state index contributed by atoms with van der Waals surface area (Å²) in [5.41, 5.74) is 3.93. The van der Waals surface area contributed by atoms with E-state index < -0.39 is 5.41 Å². The van der Waals surface area contributed by atoms with Crippen LogP contribution < -0.4 is 4.90 Å². The fourth-order valence-electron chi connectivity index (χ4n) is 6.06. The summed E-state index contributed by atoms with van der Waals surface area (Å²) in [6.07, 6.45) is 5.47. The number of pyridine rings is 2. The fourth-order valence-corrected chi connectivity index (χ4v) is 6.06. The van der Waals surface area contributed by atoms with Gasteiger partial charge in [0.15, 0.2) is 0 Å². The predicted octanol–water partition coefficient (Wildman–Crippen LogP) is 3.85. The third-order valence-electron chi connectivity index (χ3n) is 7.97. The molecule has 2 aromatic carbocycles. The first-order valence-corrected chi connectivity index (χ1v) is 13.0. The highest BCUT2D eigenvalue weighted by Crippen LogP contribution is 2.48. The Morgan fingerprint density at radius 3 is 2.53 bits per heavy atom. The second-order valence-electron chi connectivity index (χ2n) is 10.1. The Bertz CT molecular complexity index is 1540. The first-order chi connectivity index (χ1) is 18.7. The van der Waals surface area contributed by atoms with Gasteiger partial charge >= 0.3 is 6.03 Å². The molecule has 1 spiro atoms. The molecule has 4 aromatic rings. The van der Waals surface area contributed by atoms with E-state index in [4.69, 9.17) is 9.72 Å². The van der Waals surface area contributed by atoms with Gasteiger partial charge in [-0.15, -0.1) is 0 Å². The maximum atomic E-state index is 14.1. The molecule has 0 saturated carbocycles. The number of urea groups is 1. The van der Waals surface area contributed by atoms with E-state index in [0.717, 1.165) is 38.8 Å². The highest BCUT2D eigenvalue weighted by atomic mass is 16.5. The molecule has 3 aliphatic heterocycles. The van der Waals surface area contributed by atoms with Gasteiger partial charge in [-0.3, -0.25) is 14.8 Å². The molecule has 3 aliphatic rings. The number of nitrogens with zero attached hydrogens (tertiary/aromatic N) is 5. The number of ether oxygens (including phenoxy) is 1. The Morgan fingerprint density at radius 1 is 0.921 bits per heavy atom. The molecule has 5 heterocycles. The molecule has 3 amide bonds. The quantitative estimate of drug-likeness (QED) is 0.423. The smallest absolute Gasteiger partial charge is 0.320 e. The number of hydrogen-bond acceptors (Lipinski definition) is 5. The van der Waals surface area contributed by atoms with Crippen molar-refractivity contribution in [3.8, 4) is 11.1 Å². The van der Waals surface area contributed by atoms with Crippen LogP contribution in [-0.2, 0) is 21.5 Å². The van der Waals surface area contributed by atoms with Crippen LogP contribution in [0.25, 0.3) is 21.9 Å². The lowest BCUT2D eigenvalue weighted by atomic mass is 9.74. The van der Waals surface area contributed by atoms with Crippen molar-refractivity contribution in [2.45, 2.75) is 12.0 Å². The number of amides is 3. The van der Waals surface area contributed by atoms with E-state index in [-0.39, 0.29) is 11.9 Å². The predicted molar refractivity (Wildman–Crippen MR) is 144 cm³/mol. The molecular weight excluding hydrogens is 478 g/mol. The van der Waals surface area contributed by atoms with Crippen LogP contribution in [-0.4, -0.2) is 71.1 Å². The topological polar surface area (TPSA) is 78.9 Å². The molecule has 2 fully saturated rings. The van der Waals surface area contributed by atoms with Crippen LogP contribution in [0.5, 0.6) is 0 Å². The van der Waals surface area contributed by atoms with Gasteiger partial charge < -0.3 is 19.4 Å². The molecule has 0 N–H and O–H groups in total. The summed E-state index contributed by atoms with van der Waals surface area (Å²) in [7, 11) is 0. The molecular formula is C30H27N5O3. The number of fused-ring (bicyclic) bond motifs is 3. The summed E-state index contributed by atoms with van der Waals surface area (Å²) >= 11 is 0. The Balaban J connectivity index is 1.24. The van der Waals surface area contributed by atoms with Crippen molar-refractivity contribution in [2.24, 2.45) is 0 Å². The van der Waals surface area contributed by atoms with E-state index in [9.17, 15) is 9.59 Å². The van der Waals surface area contributed by atoms with Crippen molar-refractivity contribution in [3.63, 3.8) is 0 Å². The maximum absolute atomic E-state index is 14.1. The van der Waals surface area contributed by atoms with Gasteiger partial charge in [-0.2, -0.15) is 0 Å². The molecule has 0 unspecified atom stereocenters. The van der Waals surface area contributed by atoms with Crippen molar-refractivity contribution in [2.75, 3.05) is 44.3 Å². The largest absolute Gasteiger partial charge is 0.378 e. The first kappa shape index (κ1) is 22.9. The van der Waals surface area contributed by atoms with Gasteiger partial charge in [-0.25, -0.2) is 4.79 Å². The van der Waals surface area contributed by atoms with Gasteiger partial charge in [0.1, 0.15) is 5.41 Å². The number of hydrogen-bond donors (Lipinski definition) is 0. The molecule has 0 atom stereocenters. The minimum Gasteiger partial charge on any atom is -0.378 e. The molecule has 0 bridgehead atoms. The summed E-state index contributed by atoms with van der Waals surface area (Å²) in [6.45, 7) is 3.39. The average Bonchev–Trinajstić information content (AvgIpc) is 3.20. The van der Waals surface area contributed by atoms with Crippen molar-refractivity contribution >= 4 is 28.4 Å². The van der Waals surface area contributed by atoms with E-state index in [1.165, 1.54) is 0 Å². The second kappa shape index (κ2) is 8.92. The number of para-hydroxylation sites is 1. The second-order valence-corrected chi connectivity index (χ2v) is 10.1. The molecule has 38 heavy (non-hydrogen) atoms. The van der Waals surface area contributed by atoms with Crippen LogP contribution in [0, 0.1) is 0 Å². The van der Waals surface area contributed by atoms with E-state index in [1.54, 1.807) is 11.1 Å². The van der Waals surface area contributed by atoms with Crippen LogP contribution >= 0.6 is 0 Å². The summed E-state index contributed by atoms with van der Waals surface area (Å²) in [5.74, 6) is 0.0248. The number of benzene rings is 2. The molecule has 0 aliphatic carbocycles. The number of carbonyl (C=O) groups excluding carboxylic acids is 2. The third kappa shape index (κ3) is 3.48. The zero-order chi connectivity index (χ0) is 25.7. The lowest BCUT2D eigenvalue weighted by Gasteiger charge is -2.48. The van der Waals surface area contributed by atoms with Crippen molar-refractivity contribution in [3.05, 3.63) is 90.5 Å². The third-order valence-corrected chi connectivity index (χ3v) is 7.97. The van der Waals surface area contributed by atoms with Crippen molar-refractivity contribution < 1.29 is 14.3 Å². The number of anilines is 1. The normalized spacial score (nSPS) is 18.1. The minimum atomic E-state index is -0.718. The summed E-state index contributed by atoms with van der Waals surface area (Å²) in [4.78, 5) is 41.9. The van der Waals surface area contributed by atoms with Crippen LogP contribution in [0.1, 0.15) is 11.3 Å². The lowest BCUT2D eigenvalue weighted by molar-refractivity contribution is -0.128. The van der Waals surface area contributed by atoms with E-state index in [0.29, 0.717) is 45.9 Å². The Labute approximate surface area is 220 Å². The zero-order valence-electron chi connectivity index (χ0n) is 20.9. The summed E-state index contributed by atoms with van der Waals surface area (Å²) < 4.78 is 5.39. The molecule has 8 heteroatoms. The zero-order valence-corrected chi connectivity index (χ0v) is 20.9. The maximum Gasteiger partial charge on any atom is 0.320 e. The van der Waals surface area contributed by atoms with Gasteiger partial charge in [0.25, 0.3) is 0 Å². The molecule has 0 radical (unpaired) electrons. The van der Waals surface area contributed by atoms with E-state index in [1.807, 2.05) is 76.8 Å². The molecule has 190 valence electrons. The number of aromatic nitrogens is 2. The number of morpholine rings is 1. The number of carbonyl (C=O) groups is 2. The monoisotopic (exact) mass is 505 g/mol. The van der Waals surface area contributed by atoms with Crippen molar-refractivity contribution in [1.29, 1.82) is 0 Å². The van der Waals surface area contributed by atoms with Gasteiger partial charge in [0.2, 0.25) is 5.91 Å². The average molecular weight is 506 g/mol. The highest BCUT2D eigenvalue weighted by molar-refractivity contribution is 6.10. The van der Waals surface area contributed by atoms with Gasteiger partial charge in [-0.1, -0.05) is 48.5 Å². The van der Waals surface area contributed by atoms with Gasteiger partial charge in [-0.05, 0) is 23.1 Å². The number of rotatable bonds is 3. The Morgan fingerprint density at radius 2 is 1.71 bits per heavy atom. The highest BCUT2D eigenvalue weighted by Gasteiger charge is 2.59. The van der Waals surface area contributed by atoms with Gasteiger partial charge in [0.05, 0.1) is 25.5 Å². The molecule has 8 nitrogen and oxygen atoms in total. The van der Waals surface area contributed by atoms with Crippen LogP contribution in [0.2, 0.25) is 0 Å². The van der Waals surface area contributed by atoms with E-state index in [2.05, 4.69) is 11.1 Å². The lowest BCUT2D eigenvalue weighted by Crippen LogP contribution is -2.67. The minimum absolute atomic E-state index is 0.0160. The van der Waals surface area contributed by atoms with Crippen LogP contribution in [0.3, 0.4) is 0 Å². The fraction of sp³-hybridized carbons (Fsp3) is 0.267. The first-order valence-electron chi connectivity index (χ1n) is 13.0. The van der Waals surface area contributed by atoms with Crippen molar-refractivity contribution in [1.82, 2.24) is 19.8 Å². The summed E-state index contributed by atoms with van der Waals surface area (Å²) in [6, 6.07) is 20.0. The van der Waals surface area contributed by atoms with Crippen LogP contribution in [0.4, 0.5) is 10.5 Å². The van der Waals surface area contributed by atoms with Gasteiger partial charge in [0, 0.05) is 67.0 Å². The SMILES string of the molecule is O=C(N1CCOCC1)N1CC2(C1)C(=O)N(Cc1ncc3ccccc3c1-c1cccnc1)c1ccccc12. The van der Waals surface area contributed by atoms with Crippen LogP contribution in [0.15, 0.2) is 79.3 Å². The molecule has 2 aromatic heterocycles.